The van der Waals surface area contributed by atoms with Crippen LogP contribution in [-0.2, 0) is 19.9 Å². The molecule has 3 heterocycles. The van der Waals surface area contributed by atoms with Crippen LogP contribution in [0.15, 0.2) is 12.1 Å². The van der Waals surface area contributed by atoms with Gasteiger partial charge in [0.25, 0.3) is 0 Å². The van der Waals surface area contributed by atoms with Gasteiger partial charge in [-0.1, -0.05) is 43.4 Å². The van der Waals surface area contributed by atoms with Crippen LogP contribution in [0.2, 0.25) is 0 Å². The number of fused-ring (bicyclic) bond motifs is 4. The number of benzene rings is 1. The monoisotopic (exact) mass is 425 g/mol. The van der Waals surface area contributed by atoms with Crippen molar-refractivity contribution < 1.29 is 19.5 Å². The number of aliphatic hydroxyl groups is 1. The minimum Gasteiger partial charge on any atom is -0.392 e. The number of likely N-dealkylation sites (tertiary alicyclic amines) is 1. The SMILES string of the molecule is Cc1cc(C)c2c(c1)[C@@]1(N[C@H]([C@H](C)O)[C@H]3C(=O)N(C4CCCCCC4)C(=O)[C@H]31)C(=O)N2. The molecule has 0 aromatic heterocycles. The lowest BCUT2D eigenvalue weighted by molar-refractivity contribution is -0.146. The molecule has 0 bridgehead atoms. The van der Waals surface area contributed by atoms with Crippen LogP contribution in [0.4, 0.5) is 5.69 Å². The maximum absolute atomic E-state index is 13.9. The third-order valence-corrected chi connectivity index (χ3v) is 7.84. The number of carbonyl (C=O) groups excluding carboxylic acids is 3. The Morgan fingerprint density at radius 3 is 2.39 bits per heavy atom. The number of anilines is 1. The first-order valence-electron chi connectivity index (χ1n) is 11.5. The number of imide groups is 1. The molecule has 0 unspecified atom stereocenters. The summed E-state index contributed by atoms with van der Waals surface area (Å²) >= 11 is 0. The molecule has 5 atom stereocenters. The minimum absolute atomic E-state index is 0.108. The second-order valence-electron chi connectivity index (χ2n) is 9.87. The zero-order valence-electron chi connectivity index (χ0n) is 18.4. The molecule has 1 aliphatic carbocycles. The van der Waals surface area contributed by atoms with Crippen molar-refractivity contribution in [3.05, 3.63) is 28.8 Å². The molecule has 1 saturated carbocycles. The smallest absolute Gasteiger partial charge is 0.250 e. The summed E-state index contributed by atoms with van der Waals surface area (Å²) in [7, 11) is 0. The summed E-state index contributed by atoms with van der Waals surface area (Å²) in [5, 5.41) is 16.8. The van der Waals surface area contributed by atoms with Crippen molar-refractivity contribution in [2.75, 3.05) is 5.32 Å². The molecule has 2 saturated heterocycles. The molecule has 3 N–H and O–H groups in total. The van der Waals surface area contributed by atoms with E-state index in [9.17, 15) is 19.5 Å². The topological polar surface area (TPSA) is 98.7 Å². The van der Waals surface area contributed by atoms with Gasteiger partial charge in [-0.2, -0.15) is 0 Å². The zero-order chi connectivity index (χ0) is 22.1. The lowest BCUT2D eigenvalue weighted by atomic mass is 9.75. The molecule has 31 heavy (non-hydrogen) atoms. The van der Waals surface area contributed by atoms with E-state index in [1.165, 1.54) is 4.90 Å². The van der Waals surface area contributed by atoms with Gasteiger partial charge in [0.2, 0.25) is 17.7 Å². The summed E-state index contributed by atoms with van der Waals surface area (Å²) in [6, 6.07) is 3.16. The summed E-state index contributed by atoms with van der Waals surface area (Å²) in [6.07, 6.45) is 5.01. The molecule has 1 aromatic rings. The summed E-state index contributed by atoms with van der Waals surface area (Å²) in [5.74, 6) is -2.39. The summed E-state index contributed by atoms with van der Waals surface area (Å²) in [4.78, 5) is 42.5. The van der Waals surface area contributed by atoms with Crippen LogP contribution in [0.3, 0.4) is 0 Å². The zero-order valence-corrected chi connectivity index (χ0v) is 18.4. The Kier molecular flexibility index (Phi) is 4.75. The average molecular weight is 426 g/mol. The van der Waals surface area contributed by atoms with Gasteiger partial charge >= 0.3 is 0 Å². The maximum Gasteiger partial charge on any atom is 0.250 e. The Bertz CT molecular complexity index is 966. The minimum atomic E-state index is -1.33. The van der Waals surface area contributed by atoms with E-state index in [-0.39, 0.29) is 23.8 Å². The van der Waals surface area contributed by atoms with Gasteiger partial charge < -0.3 is 10.4 Å². The molecule has 166 valence electrons. The summed E-state index contributed by atoms with van der Waals surface area (Å²) in [6.45, 7) is 5.51. The van der Waals surface area contributed by atoms with Crippen LogP contribution in [-0.4, -0.2) is 45.9 Å². The molecular formula is C24H31N3O4. The van der Waals surface area contributed by atoms with Gasteiger partial charge in [-0.3, -0.25) is 24.6 Å². The second kappa shape index (κ2) is 7.14. The number of aryl methyl sites for hydroxylation is 2. The van der Waals surface area contributed by atoms with E-state index in [0.29, 0.717) is 5.69 Å². The molecule has 1 aromatic carbocycles. The predicted molar refractivity (Wildman–Crippen MR) is 115 cm³/mol. The van der Waals surface area contributed by atoms with Gasteiger partial charge in [0.15, 0.2) is 0 Å². The van der Waals surface area contributed by atoms with Crippen molar-refractivity contribution >= 4 is 23.4 Å². The van der Waals surface area contributed by atoms with Crippen LogP contribution < -0.4 is 10.6 Å². The highest BCUT2D eigenvalue weighted by atomic mass is 16.3. The van der Waals surface area contributed by atoms with Crippen LogP contribution >= 0.6 is 0 Å². The number of rotatable bonds is 2. The van der Waals surface area contributed by atoms with Crippen molar-refractivity contribution in [3.63, 3.8) is 0 Å². The maximum atomic E-state index is 13.9. The average Bonchev–Trinajstić information content (AvgIpc) is 3.18. The van der Waals surface area contributed by atoms with E-state index in [4.69, 9.17) is 0 Å². The normalized spacial score (nSPS) is 34.1. The molecular weight excluding hydrogens is 394 g/mol. The highest BCUT2D eigenvalue weighted by Crippen LogP contribution is 2.54. The van der Waals surface area contributed by atoms with Crippen LogP contribution in [0.1, 0.15) is 62.1 Å². The lowest BCUT2D eigenvalue weighted by Gasteiger charge is -2.32. The standard InChI is InChI=1S/C24H31N3O4/c1-12-10-13(2)19-16(11-12)24(23(31)25-19)18-17(20(26-24)14(3)28)21(29)27(22(18)30)15-8-6-4-5-7-9-15/h10-11,14-15,17-18,20,26,28H,4-9H2,1-3H3,(H,25,31)/t14-,17-,18-,20+,24-/m0/s1. The van der Waals surface area contributed by atoms with Crippen molar-refractivity contribution in [1.29, 1.82) is 0 Å². The highest BCUT2D eigenvalue weighted by molar-refractivity contribution is 6.15. The number of amides is 3. The van der Waals surface area contributed by atoms with Crippen molar-refractivity contribution in [1.82, 2.24) is 10.2 Å². The molecule has 1 spiro atoms. The van der Waals surface area contributed by atoms with Crippen molar-refractivity contribution in [2.24, 2.45) is 11.8 Å². The Morgan fingerprint density at radius 2 is 1.74 bits per heavy atom. The third-order valence-electron chi connectivity index (χ3n) is 7.84. The second-order valence-corrected chi connectivity index (χ2v) is 9.87. The first kappa shape index (κ1) is 20.6. The predicted octanol–water partition coefficient (Wildman–Crippen LogP) is 2.13. The van der Waals surface area contributed by atoms with Crippen LogP contribution in [0.25, 0.3) is 0 Å². The van der Waals surface area contributed by atoms with Gasteiger partial charge in [-0.05, 0) is 39.2 Å². The number of carbonyl (C=O) groups is 3. The van der Waals surface area contributed by atoms with E-state index in [1.54, 1.807) is 6.92 Å². The number of hydrogen-bond donors (Lipinski definition) is 3. The number of nitrogens with zero attached hydrogens (tertiary/aromatic N) is 1. The number of hydrogen-bond acceptors (Lipinski definition) is 5. The molecule has 7 nitrogen and oxygen atoms in total. The van der Waals surface area contributed by atoms with Gasteiger partial charge in [0, 0.05) is 23.3 Å². The molecule has 0 radical (unpaired) electrons. The van der Waals surface area contributed by atoms with E-state index >= 15 is 0 Å². The quantitative estimate of drug-likeness (QED) is 0.498. The molecule has 3 amide bonds. The first-order chi connectivity index (χ1) is 14.8. The fourth-order valence-corrected chi connectivity index (χ4v) is 6.50. The van der Waals surface area contributed by atoms with Gasteiger partial charge in [0.1, 0.15) is 5.54 Å². The van der Waals surface area contributed by atoms with E-state index in [2.05, 4.69) is 10.6 Å². The Morgan fingerprint density at radius 1 is 1.06 bits per heavy atom. The number of nitrogens with one attached hydrogen (secondary N) is 2. The lowest BCUT2D eigenvalue weighted by Crippen LogP contribution is -2.55. The van der Waals surface area contributed by atoms with E-state index < -0.39 is 29.5 Å². The fraction of sp³-hybridized carbons (Fsp3) is 0.625. The Labute approximate surface area is 182 Å². The van der Waals surface area contributed by atoms with Crippen LogP contribution in [0, 0.1) is 25.7 Å². The van der Waals surface area contributed by atoms with E-state index in [0.717, 1.165) is 55.2 Å². The van der Waals surface area contributed by atoms with Crippen molar-refractivity contribution in [2.45, 2.75) is 83.0 Å². The molecule has 5 rings (SSSR count). The molecule has 7 heteroatoms. The molecule has 4 aliphatic rings. The van der Waals surface area contributed by atoms with Crippen LogP contribution in [0.5, 0.6) is 0 Å². The largest absolute Gasteiger partial charge is 0.392 e. The van der Waals surface area contributed by atoms with Gasteiger partial charge in [-0.25, -0.2) is 0 Å². The van der Waals surface area contributed by atoms with Gasteiger partial charge in [-0.15, -0.1) is 0 Å². The van der Waals surface area contributed by atoms with Crippen molar-refractivity contribution in [3.8, 4) is 0 Å². The summed E-state index contributed by atoms with van der Waals surface area (Å²) in [5.41, 5.74) is 2.02. The summed E-state index contributed by atoms with van der Waals surface area (Å²) < 4.78 is 0. The van der Waals surface area contributed by atoms with Gasteiger partial charge in [0.05, 0.1) is 17.9 Å². The third kappa shape index (κ3) is 2.75. The van der Waals surface area contributed by atoms with E-state index in [1.807, 2.05) is 26.0 Å². The highest BCUT2D eigenvalue weighted by Gasteiger charge is 2.71. The molecule has 3 aliphatic heterocycles. The first-order valence-corrected chi connectivity index (χ1v) is 11.5. The number of aliphatic hydroxyl groups excluding tert-OH is 1. The fourth-order valence-electron chi connectivity index (χ4n) is 6.50. The Balaban J connectivity index is 1.65. The Hall–Kier alpha value is -2.25. The molecule has 3 fully saturated rings.